The summed E-state index contributed by atoms with van der Waals surface area (Å²) in [5, 5.41) is 6.16. The number of hydrogen-bond donors (Lipinski definition) is 2. The lowest BCUT2D eigenvalue weighted by Crippen LogP contribution is -2.28. The standard InChI is InChI=1S/C16H21FN2O/c17-15-4-3-13(12-5-7-18-8-6-12)9-14(15)16(20)19-10-11-1-2-11/h3-4,9,11-12,18H,1-2,5-8,10H2,(H,19,20). The lowest BCUT2D eigenvalue weighted by molar-refractivity contribution is 0.0947. The average molecular weight is 276 g/mol. The van der Waals surface area contributed by atoms with Crippen molar-refractivity contribution in [2.45, 2.75) is 31.6 Å². The van der Waals surface area contributed by atoms with E-state index in [4.69, 9.17) is 0 Å². The first-order valence-corrected chi connectivity index (χ1v) is 7.52. The molecule has 4 heteroatoms. The first kappa shape index (κ1) is 13.6. The molecule has 1 aromatic rings. The molecule has 0 aromatic heterocycles. The van der Waals surface area contributed by atoms with Gasteiger partial charge in [0.15, 0.2) is 0 Å². The maximum absolute atomic E-state index is 13.9. The summed E-state index contributed by atoms with van der Waals surface area (Å²) in [7, 11) is 0. The van der Waals surface area contributed by atoms with Crippen molar-refractivity contribution in [2.24, 2.45) is 5.92 Å². The number of benzene rings is 1. The molecule has 2 fully saturated rings. The van der Waals surface area contributed by atoms with Crippen molar-refractivity contribution >= 4 is 5.91 Å². The molecule has 20 heavy (non-hydrogen) atoms. The number of carbonyl (C=O) groups excluding carboxylic acids is 1. The number of rotatable bonds is 4. The predicted molar refractivity (Wildman–Crippen MR) is 76.3 cm³/mol. The van der Waals surface area contributed by atoms with Crippen LogP contribution in [0.4, 0.5) is 4.39 Å². The SMILES string of the molecule is O=C(NCC1CC1)c1cc(C2CCNCC2)ccc1F. The van der Waals surface area contributed by atoms with Crippen LogP contribution in [0.3, 0.4) is 0 Å². The lowest BCUT2D eigenvalue weighted by atomic mass is 9.89. The molecular formula is C16H21FN2O. The van der Waals surface area contributed by atoms with E-state index in [0.29, 0.717) is 18.4 Å². The van der Waals surface area contributed by atoms with Crippen molar-refractivity contribution in [2.75, 3.05) is 19.6 Å². The minimum atomic E-state index is -0.420. The summed E-state index contributed by atoms with van der Waals surface area (Å²) < 4.78 is 13.9. The largest absolute Gasteiger partial charge is 0.352 e. The average Bonchev–Trinajstić information content (AvgIpc) is 3.30. The van der Waals surface area contributed by atoms with E-state index in [1.807, 2.05) is 6.07 Å². The van der Waals surface area contributed by atoms with Crippen molar-refractivity contribution in [3.8, 4) is 0 Å². The number of amides is 1. The van der Waals surface area contributed by atoms with Gasteiger partial charge in [0, 0.05) is 6.54 Å². The molecule has 108 valence electrons. The van der Waals surface area contributed by atoms with Crippen molar-refractivity contribution in [3.63, 3.8) is 0 Å². The van der Waals surface area contributed by atoms with Crippen LogP contribution in [0.2, 0.25) is 0 Å². The zero-order valence-corrected chi connectivity index (χ0v) is 11.6. The Morgan fingerprint density at radius 2 is 2.00 bits per heavy atom. The number of carbonyl (C=O) groups is 1. The zero-order chi connectivity index (χ0) is 13.9. The van der Waals surface area contributed by atoms with Crippen LogP contribution in [0.5, 0.6) is 0 Å². The van der Waals surface area contributed by atoms with Crippen LogP contribution in [0.1, 0.15) is 47.5 Å². The fraction of sp³-hybridized carbons (Fsp3) is 0.562. The first-order valence-electron chi connectivity index (χ1n) is 7.52. The van der Waals surface area contributed by atoms with E-state index < -0.39 is 5.82 Å². The van der Waals surface area contributed by atoms with Gasteiger partial charge in [-0.3, -0.25) is 4.79 Å². The molecule has 1 amide bonds. The monoisotopic (exact) mass is 276 g/mol. The summed E-state index contributed by atoms with van der Waals surface area (Å²) in [6.45, 7) is 2.66. The maximum Gasteiger partial charge on any atom is 0.254 e. The summed E-state index contributed by atoms with van der Waals surface area (Å²) in [5.41, 5.74) is 1.28. The molecular weight excluding hydrogens is 255 g/mol. The molecule has 3 nitrogen and oxygen atoms in total. The fourth-order valence-corrected chi connectivity index (χ4v) is 2.78. The molecule has 1 aromatic carbocycles. The molecule has 2 N–H and O–H groups in total. The second kappa shape index (κ2) is 5.92. The third-order valence-corrected chi connectivity index (χ3v) is 4.29. The van der Waals surface area contributed by atoms with Crippen LogP contribution in [-0.4, -0.2) is 25.5 Å². The highest BCUT2D eigenvalue weighted by Gasteiger charge is 2.23. The normalized spacial score (nSPS) is 19.9. The molecule has 1 heterocycles. The first-order chi connectivity index (χ1) is 9.74. The molecule has 0 unspecified atom stereocenters. The number of halogens is 1. The van der Waals surface area contributed by atoms with Gasteiger partial charge < -0.3 is 10.6 Å². The Hall–Kier alpha value is -1.42. The van der Waals surface area contributed by atoms with E-state index >= 15 is 0 Å². The number of piperidine rings is 1. The van der Waals surface area contributed by atoms with Crippen molar-refractivity contribution < 1.29 is 9.18 Å². The Kier molecular flexibility index (Phi) is 4.01. The van der Waals surface area contributed by atoms with Gasteiger partial charge in [0.2, 0.25) is 0 Å². The molecule has 1 aliphatic heterocycles. The van der Waals surface area contributed by atoms with Crippen LogP contribution in [-0.2, 0) is 0 Å². The third-order valence-electron chi connectivity index (χ3n) is 4.29. The second-order valence-electron chi connectivity index (χ2n) is 5.92. The van der Waals surface area contributed by atoms with Gasteiger partial charge in [0.05, 0.1) is 5.56 Å². The molecule has 0 radical (unpaired) electrons. The molecule has 1 saturated heterocycles. The zero-order valence-electron chi connectivity index (χ0n) is 11.6. The van der Waals surface area contributed by atoms with Crippen molar-refractivity contribution in [3.05, 3.63) is 35.1 Å². The van der Waals surface area contributed by atoms with Crippen LogP contribution in [0.15, 0.2) is 18.2 Å². The Balaban J connectivity index is 1.72. The Labute approximate surface area is 118 Å². The highest BCUT2D eigenvalue weighted by atomic mass is 19.1. The van der Waals surface area contributed by atoms with E-state index in [1.165, 1.54) is 18.9 Å². The van der Waals surface area contributed by atoms with Crippen LogP contribution < -0.4 is 10.6 Å². The van der Waals surface area contributed by atoms with Gasteiger partial charge in [-0.25, -0.2) is 4.39 Å². The third kappa shape index (κ3) is 3.18. The summed E-state index contributed by atoms with van der Waals surface area (Å²) in [4.78, 5) is 12.1. The van der Waals surface area contributed by atoms with Gasteiger partial charge in [-0.2, -0.15) is 0 Å². The number of hydrogen-bond acceptors (Lipinski definition) is 2. The fourth-order valence-electron chi connectivity index (χ4n) is 2.78. The molecule has 0 spiro atoms. The molecule has 2 aliphatic rings. The molecule has 0 atom stereocenters. The predicted octanol–water partition coefficient (Wildman–Crippen LogP) is 2.43. The van der Waals surface area contributed by atoms with Gasteiger partial charge in [0.1, 0.15) is 5.82 Å². The van der Waals surface area contributed by atoms with Gasteiger partial charge in [-0.1, -0.05) is 6.07 Å². The van der Waals surface area contributed by atoms with E-state index in [9.17, 15) is 9.18 Å². The Morgan fingerprint density at radius 3 is 2.70 bits per heavy atom. The van der Waals surface area contributed by atoms with E-state index in [0.717, 1.165) is 31.5 Å². The molecule has 1 aliphatic carbocycles. The highest BCUT2D eigenvalue weighted by Crippen LogP contribution is 2.28. The van der Waals surface area contributed by atoms with Gasteiger partial charge in [0.25, 0.3) is 5.91 Å². The van der Waals surface area contributed by atoms with Gasteiger partial charge in [-0.05, 0) is 68.3 Å². The summed E-state index contributed by atoms with van der Waals surface area (Å²) in [6, 6.07) is 5.00. The van der Waals surface area contributed by atoms with Gasteiger partial charge in [-0.15, -0.1) is 0 Å². The van der Waals surface area contributed by atoms with Crippen molar-refractivity contribution in [1.82, 2.24) is 10.6 Å². The topological polar surface area (TPSA) is 41.1 Å². The van der Waals surface area contributed by atoms with E-state index in [1.54, 1.807) is 6.07 Å². The van der Waals surface area contributed by atoms with Crippen LogP contribution in [0.25, 0.3) is 0 Å². The molecule has 1 saturated carbocycles. The second-order valence-corrected chi connectivity index (χ2v) is 5.92. The summed E-state index contributed by atoms with van der Waals surface area (Å²) in [5.74, 6) is 0.350. The molecule has 3 rings (SSSR count). The van der Waals surface area contributed by atoms with E-state index in [2.05, 4.69) is 10.6 Å². The Morgan fingerprint density at radius 1 is 1.25 bits per heavy atom. The maximum atomic E-state index is 13.9. The summed E-state index contributed by atoms with van der Waals surface area (Å²) in [6.07, 6.45) is 4.46. The van der Waals surface area contributed by atoms with Crippen LogP contribution >= 0.6 is 0 Å². The lowest BCUT2D eigenvalue weighted by Gasteiger charge is -2.23. The number of nitrogens with one attached hydrogen (secondary N) is 2. The van der Waals surface area contributed by atoms with Gasteiger partial charge >= 0.3 is 0 Å². The quantitative estimate of drug-likeness (QED) is 0.887. The highest BCUT2D eigenvalue weighted by molar-refractivity contribution is 5.94. The smallest absolute Gasteiger partial charge is 0.254 e. The summed E-state index contributed by atoms with van der Waals surface area (Å²) >= 11 is 0. The Bertz CT molecular complexity index is 493. The molecule has 0 bridgehead atoms. The van der Waals surface area contributed by atoms with E-state index in [-0.39, 0.29) is 11.5 Å². The van der Waals surface area contributed by atoms with Crippen LogP contribution in [0, 0.1) is 11.7 Å². The minimum Gasteiger partial charge on any atom is -0.352 e. The minimum absolute atomic E-state index is 0.196. The van der Waals surface area contributed by atoms with Crippen molar-refractivity contribution in [1.29, 1.82) is 0 Å².